The summed E-state index contributed by atoms with van der Waals surface area (Å²) >= 11 is 3.17. The minimum Gasteiger partial charge on any atom is -0.481 e. The molecule has 0 spiro atoms. The van der Waals surface area contributed by atoms with Crippen LogP contribution in [0.15, 0.2) is 46.9 Å². The fourth-order valence-corrected chi connectivity index (χ4v) is 2.63. The van der Waals surface area contributed by atoms with Crippen LogP contribution in [0, 0.1) is 11.7 Å². The van der Waals surface area contributed by atoms with Crippen molar-refractivity contribution in [1.29, 1.82) is 0 Å². The molecule has 0 aromatic heterocycles. The van der Waals surface area contributed by atoms with E-state index in [0.29, 0.717) is 16.8 Å². The lowest BCUT2D eigenvalue weighted by Gasteiger charge is -2.10. The molecule has 0 bridgehead atoms. The van der Waals surface area contributed by atoms with Gasteiger partial charge in [0.1, 0.15) is 0 Å². The van der Waals surface area contributed by atoms with Crippen LogP contribution in [-0.4, -0.2) is 19.1 Å². The number of ether oxygens (including phenoxy) is 2. The smallest absolute Gasteiger partial charge is 0.262 e. The SMILES string of the molecule is O=C(COc1ccc(Br)cc1F)Nc1cccc(COCC2CC2)c1. The number of halogens is 2. The quantitative estimate of drug-likeness (QED) is 0.698. The number of hydrogen-bond acceptors (Lipinski definition) is 3. The second kappa shape index (κ2) is 8.45. The zero-order valence-corrected chi connectivity index (χ0v) is 15.2. The Morgan fingerprint density at radius 2 is 2.08 bits per heavy atom. The van der Waals surface area contributed by atoms with E-state index in [1.807, 2.05) is 18.2 Å². The lowest BCUT2D eigenvalue weighted by atomic mass is 10.2. The third kappa shape index (κ3) is 5.83. The van der Waals surface area contributed by atoms with Crippen molar-refractivity contribution in [3.8, 4) is 5.75 Å². The lowest BCUT2D eigenvalue weighted by Crippen LogP contribution is -2.20. The molecule has 0 atom stereocenters. The molecule has 1 aliphatic carbocycles. The first-order chi connectivity index (χ1) is 12.1. The number of hydrogen-bond donors (Lipinski definition) is 1. The highest BCUT2D eigenvalue weighted by Gasteiger charge is 2.21. The van der Waals surface area contributed by atoms with Gasteiger partial charge in [0, 0.05) is 16.8 Å². The predicted octanol–water partition coefficient (Wildman–Crippen LogP) is 4.53. The van der Waals surface area contributed by atoms with Crippen molar-refractivity contribution in [1.82, 2.24) is 0 Å². The molecule has 0 aliphatic heterocycles. The topological polar surface area (TPSA) is 47.6 Å². The van der Waals surface area contributed by atoms with Gasteiger partial charge in [0.05, 0.1) is 6.61 Å². The Bertz CT molecular complexity index is 749. The normalized spacial score (nSPS) is 13.5. The van der Waals surface area contributed by atoms with Crippen molar-refractivity contribution in [2.24, 2.45) is 5.92 Å². The maximum atomic E-state index is 13.7. The molecule has 2 aromatic rings. The number of benzene rings is 2. The molecule has 1 saturated carbocycles. The summed E-state index contributed by atoms with van der Waals surface area (Å²) in [4.78, 5) is 12.0. The molecule has 1 amide bonds. The van der Waals surface area contributed by atoms with Crippen LogP contribution in [0.4, 0.5) is 10.1 Å². The number of carbonyl (C=O) groups is 1. The van der Waals surface area contributed by atoms with Crippen LogP contribution in [0.3, 0.4) is 0 Å². The Balaban J connectivity index is 1.48. The number of amides is 1. The van der Waals surface area contributed by atoms with E-state index in [1.165, 1.54) is 25.0 Å². The van der Waals surface area contributed by atoms with Crippen molar-refractivity contribution in [2.45, 2.75) is 19.4 Å². The van der Waals surface area contributed by atoms with Gasteiger partial charge < -0.3 is 14.8 Å². The average Bonchev–Trinajstić information content (AvgIpc) is 3.39. The summed E-state index contributed by atoms with van der Waals surface area (Å²) in [5.74, 6) is -0.102. The van der Waals surface area contributed by atoms with Gasteiger partial charge in [-0.15, -0.1) is 0 Å². The molecule has 0 unspecified atom stereocenters. The third-order valence-corrected chi connectivity index (χ3v) is 4.28. The first-order valence-corrected chi connectivity index (χ1v) is 8.94. The van der Waals surface area contributed by atoms with E-state index in [4.69, 9.17) is 9.47 Å². The van der Waals surface area contributed by atoms with Gasteiger partial charge in [-0.05, 0) is 54.7 Å². The van der Waals surface area contributed by atoms with Crippen LogP contribution in [0.2, 0.25) is 0 Å². The molecule has 25 heavy (non-hydrogen) atoms. The molecular formula is C19H19BrFNO3. The summed E-state index contributed by atoms with van der Waals surface area (Å²) < 4.78 is 25.1. The van der Waals surface area contributed by atoms with Crippen molar-refractivity contribution < 1.29 is 18.7 Å². The summed E-state index contributed by atoms with van der Waals surface area (Å²) in [6.07, 6.45) is 2.52. The van der Waals surface area contributed by atoms with E-state index < -0.39 is 5.82 Å². The van der Waals surface area contributed by atoms with Crippen molar-refractivity contribution in [3.05, 3.63) is 58.3 Å². The van der Waals surface area contributed by atoms with Crippen LogP contribution < -0.4 is 10.1 Å². The van der Waals surface area contributed by atoms with E-state index >= 15 is 0 Å². The molecule has 0 radical (unpaired) electrons. The number of rotatable bonds is 8. The molecule has 132 valence electrons. The Morgan fingerprint density at radius 3 is 2.84 bits per heavy atom. The number of carbonyl (C=O) groups excluding carboxylic acids is 1. The van der Waals surface area contributed by atoms with E-state index in [-0.39, 0.29) is 18.3 Å². The van der Waals surface area contributed by atoms with Crippen molar-refractivity contribution >= 4 is 27.5 Å². The molecular weight excluding hydrogens is 389 g/mol. The average molecular weight is 408 g/mol. The maximum absolute atomic E-state index is 13.7. The first-order valence-electron chi connectivity index (χ1n) is 8.14. The highest BCUT2D eigenvalue weighted by Crippen LogP contribution is 2.29. The van der Waals surface area contributed by atoms with Crippen LogP contribution in [0.1, 0.15) is 18.4 Å². The molecule has 0 saturated heterocycles. The van der Waals surface area contributed by atoms with Crippen molar-refractivity contribution in [3.63, 3.8) is 0 Å². The molecule has 2 aromatic carbocycles. The third-order valence-electron chi connectivity index (χ3n) is 3.78. The summed E-state index contributed by atoms with van der Waals surface area (Å²) in [5, 5.41) is 2.74. The van der Waals surface area contributed by atoms with Gasteiger partial charge in [0.2, 0.25) is 0 Å². The zero-order valence-electron chi connectivity index (χ0n) is 13.6. The van der Waals surface area contributed by atoms with Crippen LogP contribution in [0.5, 0.6) is 5.75 Å². The number of nitrogens with one attached hydrogen (secondary N) is 1. The standard InChI is InChI=1S/C19H19BrFNO3/c20-15-6-7-18(17(21)9-15)25-12-19(23)22-16-3-1-2-14(8-16)11-24-10-13-4-5-13/h1-3,6-9,13H,4-5,10-12H2,(H,22,23). The van der Waals surface area contributed by atoms with Gasteiger partial charge in [-0.3, -0.25) is 4.79 Å². The van der Waals surface area contributed by atoms with Gasteiger partial charge in [-0.1, -0.05) is 28.1 Å². The lowest BCUT2D eigenvalue weighted by molar-refractivity contribution is -0.118. The molecule has 1 aliphatic rings. The Kier molecular flexibility index (Phi) is 6.04. The zero-order chi connectivity index (χ0) is 17.6. The summed E-state index contributed by atoms with van der Waals surface area (Å²) in [6, 6.07) is 11.9. The molecule has 0 heterocycles. The fourth-order valence-electron chi connectivity index (χ4n) is 2.30. The van der Waals surface area contributed by atoms with Gasteiger partial charge in [0.25, 0.3) is 5.91 Å². The molecule has 1 N–H and O–H groups in total. The van der Waals surface area contributed by atoms with E-state index in [1.54, 1.807) is 12.1 Å². The molecule has 1 fully saturated rings. The molecule has 4 nitrogen and oxygen atoms in total. The minimum absolute atomic E-state index is 0.0422. The van der Waals surface area contributed by atoms with Crippen LogP contribution in [0.25, 0.3) is 0 Å². The number of anilines is 1. The summed E-state index contributed by atoms with van der Waals surface area (Å²) in [5.41, 5.74) is 1.66. The van der Waals surface area contributed by atoms with Gasteiger partial charge >= 0.3 is 0 Å². The second-order valence-electron chi connectivity index (χ2n) is 6.07. The Hall–Kier alpha value is -1.92. The molecule has 3 rings (SSSR count). The van der Waals surface area contributed by atoms with Crippen molar-refractivity contribution in [2.75, 3.05) is 18.5 Å². The molecule has 6 heteroatoms. The van der Waals surface area contributed by atoms with Gasteiger partial charge in [0.15, 0.2) is 18.2 Å². The van der Waals surface area contributed by atoms with Gasteiger partial charge in [-0.25, -0.2) is 4.39 Å². The fraction of sp³-hybridized carbons (Fsp3) is 0.316. The van der Waals surface area contributed by atoms with E-state index in [0.717, 1.165) is 18.1 Å². The second-order valence-corrected chi connectivity index (χ2v) is 6.99. The van der Waals surface area contributed by atoms with Crippen LogP contribution in [-0.2, 0) is 16.1 Å². The minimum atomic E-state index is -0.517. The van der Waals surface area contributed by atoms with Gasteiger partial charge in [-0.2, -0.15) is 0 Å². The largest absolute Gasteiger partial charge is 0.481 e. The highest BCUT2D eigenvalue weighted by molar-refractivity contribution is 9.10. The predicted molar refractivity (Wildman–Crippen MR) is 97.0 cm³/mol. The van der Waals surface area contributed by atoms with E-state index in [2.05, 4.69) is 21.2 Å². The van der Waals surface area contributed by atoms with Crippen LogP contribution >= 0.6 is 15.9 Å². The first kappa shape index (κ1) is 17.9. The highest BCUT2D eigenvalue weighted by atomic mass is 79.9. The monoisotopic (exact) mass is 407 g/mol. The Labute approximate surface area is 154 Å². The maximum Gasteiger partial charge on any atom is 0.262 e. The summed E-state index contributed by atoms with van der Waals surface area (Å²) in [7, 11) is 0. The van der Waals surface area contributed by atoms with E-state index in [9.17, 15) is 9.18 Å². The summed E-state index contributed by atoms with van der Waals surface area (Å²) in [6.45, 7) is 1.06. The Morgan fingerprint density at radius 1 is 1.24 bits per heavy atom.